The summed E-state index contributed by atoms with van der Waals surface area (Å²) < 4.78 is 0. The van der Waals surface area contributed by atoms with Gasteiger partial charge in [-0.2, -0.15) is 0 Å². The van der Waals surface area contributed by atoms with Crippen molar-refractivity contribution in [3.63, 3.8) is 0 Å². The third kappa shape index (κ3) is 3.78. The molecule has 1 amide bonds. The fourth-order valence-electron chi connectivity index (χ4n) is 2.12. The Labute approximate surface area is 115 Å². The van der Waals surface area contributed by atoms with Crippen molar-refractivity contribution in [2.45, 2.75) is 38.1 Å². The number of hydrogen-bond acceptors (Lipinski definition) is 3. The number of nitrogens with one attached hydrogen (secondary N) is 1. The Bertz CT molecular complexity index is 380. The van der Waals surface area contributed by atoms with Crippen molar-refractivity contribution in [1.29, 1.82) is 0 Å². The van der Waals surface area contributed by atoms with E-state index in [1.807, 2.05) is 44.2 Å². The summed E-state index contributed by atoms with van der Waals surface area (Å²) in [6.45, 7) is 4.11. The van der Waals surface area contributed by atoms with Gasteiger partial charge in [0, 0.05) is 6.54 Å². The van der Waals surface area contributed by atoms with Crippen LogP contribution in [0, 0.1) is 0 Å². The van der Waals surface area contributed by atoms with E-state index in [2.05, 4.69) is 5.32 Å². The van der Waals surface area contributed by atoms with Crippen LogP contribution in [0.2, 0.25) is 0 Å². The lowest BCUT2D eigenvalue weighted by molar-refractivity contribution is -0.125. The number of hydrogen-bond donors (Lipinski definition) is 3. The standard InChI is InChI=1S/C15H24N2O2/c1-3-15(4-2,11-18)17-14(19)13(10-16)12-8-6-5-7-9-12/h5-9,13,18H,3-4,10-11,16H2,1-2H3,(H,17,19). The molecule has 1 atom stereocenters. The van der Waals surface area contributed by atoms with Crippen molar-refractivity contribution in [2.24, 2.45) is 5.73 Å². The second-order valence-electron chi connectivity index (χ2n) is 4.83. The monoisotopic (exact) mass is 264 g/mol. The van der Waals surface area contributed by atoms with Crippen molar-refractivity contribution in [3.05, 3.63) is 35.9 Å². The normalized spacial score (nSPS) is 13.1. The number of amides is 1. The van der Waals surface area contributed by atoms with E-state index >= 15 is 0 Å². The van der Waals surface area contributed by atoms with Gasteiger partial charge in [-0.3, -0.25) is 4.79 Å². The second-order valence-corrected chi connectivity index (χ2v) is 4.83. The molecule has 0 radical (unpaired) electrons. The molecule has 0 spiro atoms. The Morgan fingerprint density at radius 2 is 1.89 bits per heavy atom. The van der Waals surface area contributed by atoms with Crippen LogP contribution in [0.5, 0.6) is 0 Å². The highest BCUT2D eigenvalue weighted by Crippen LogP contribution is 2.19. The van der Waals surface area contributed by atoms with Crippen LogP contribution in [0.1, 0.15) is 38.2 Å². The minimum absolute atomic E-state index is 0.0577. The first-order chi connectivity index (χ1) is 9.12. The van der Waals surface area contributed by atoms with E-state index in [1.165, 1.54) is 0 Å². The summed E-state index contributed by atoms with van der Waals surface area (Å²) >= 11 is 0. The van der Waals surface area contributed by atoms with E-state index in [0.717, 1.165) is 5.56 Å². The van der Waals surface area contributed by atoms with Crippen LogP contribution in [0.4, 0.5) is 0 Å². The molecular weight excluding hydrogens is 240 g/mol. The number of aliphatic hydroxyl groups is 1. The van der Waals surface area contributed by atoms with Crippen LogP contribution in [0.15, 0.2) is 30.3 Å². The van der Waals surface area contributed by atoms with Crippen LogP contribution in [-0.2, 0) is 4.79 Å². The number of benzene rings is 1. The summed E-state index contributed by atoms with van der Waals surface area (Å²) in [6.07, 6.45) is 1.38. The molecule has 4 nitrogen and oxygen atoms in total. The molecule has 0 fully saturated rings. The number of nitrogens with two attached hydrogens (primary N) is 1. The molecule has 1 aromatic carbocycles. The van der Waals surface area contributed by atoms with E-state index in [0.29, 0.717) is 12.8 Å². The molecule has 1 aromatic rings. The maximum Gasteiger partial charge on any atom is 0.229 e. The third-order valence-electron chi connectivity index (χ3n) is 3.80. The summed E-state index contributed by atoms with van der Waals surface area (Å²) in [5.41, 5.74) is 6.09. The number of rotatable bonds is 7. The number of carbonyl (C=O) groups excluding carboxylic acids is 1. The molecule has 0 bridgehead atoms. The molecule has 0 aliphatic heterocycles. The van der Waals surface area contributed by atoms with Gasteiger partial charge in [0.05, 0.1) is 18.1 Å². The molecule has 1 rings (SSSR count). The van der Waals surface area contributed by atoms with Crippen LogP contribution < -0.4 is 11.1 Å². The molecule has 0 aliphatic carbocycles. The largest absolute Gasteiger partial charge is 0.394 e. The Morgan fingerprint density at radius 3 is 2.32 bits per heavy atom. The highest BCUT2D eigenvalue weighted by atomic mass is 16.3. The van der Waals surface area contributed by atoms with E-state index in [9.17, 15) is 9.90 Å². The fraction of sp³-hybridized carbons (Fsp3) is 0.533. The van der Waals surface area contributed by atoms with E-state index in [1.54, 1.807) is 0 Å². The van der Waals surface area contributed by atoms with E-state index in [4.69, 9.17) is 5.73 Å². The molecule has 0 saturated carbocycles. The molecule has 0 saturated heterocycles. The first-order valence-electron chi connectivity index (χ1n) is 6.80. The van der Waals surface area contributed by atoms with E-state index < -0.39 is 5.54 Å². The molecule has 0 heterocycles. The third-order valence-corrected chi connectivity index (χ3v) is 3.80. The highest BCUT2D eigenvalue weighted by Gasteiger charge is 2.30. The quantitative estimate of drug-likeness (QED) is 0.696. The molecule has 106 valence electrons. The Hall–Kier alpha value is -1.39. The van der Waals surface area contributed by atoms with Gasteiger partial charge in [-0.25, -0.2) is 0 Å². The summed E-state index contributed by atoms with van der Waals surface area (Å²) in [6, 6.07) is 9.49. The average Bonchev–Trinajstić information content (AvgIpc) is 2.47. The smallest absolute Gasteiger partial charge is 0.229 e. The zero-order chi connectivity index (χ0) is 14.3. The Balaban J connectivity index is 2.86. The zero-order valence-corrected chi connectivity index (χ0v) is 11.7. The molecule has 0 aliphatic rings. The Kier molecular flexibility index (Phi) is 5.99. The first kappa shape index (κ1) is 15.7. The van der Waals surface area contributed by atoms with Gasteiger partial charge in [0.25, 0.3) is 0 Å². The first-order valence-corrected chi connectivity index (χ1v) is 6.80. The summed E-state index contributed by atoms with van der Waals surface area (Å²) in [5, 5.41) is 12.5. The van der Waals surface area contributed by atoms with Crippen LogP contribution in [0.3, 0.4) is 0 Å². The average molecular weight is 264 g/mol. The van der Waals surface area contributed by atoms with Gasteiger partial charge in [-0.05, 0) is 18.4 Å². The fourth-order valence-corrected chi connectivity index (χ4v) is 2.12. The SMILES string of the molecule is CCC(CC)(CO)NC(=O)C(CN)c1ccccc1. The minimum Gasteiger partial charge on any atom is -0.394 e. The van der Waals surface area contributed by atoms with Gasteiger partial charge in [0.1, 0.15) is 0 Å². The molecular formula is C15H24N2O2. The maximum absolute atomic E-state index is 12.4. The predicted octanol–water partition coefficient (Wildman–Crippen LogP) is 1.40. The van der Waals surface area contributed by atoms with Gasteiger partial charge < -0.3 is 16.2 Å². The molecule has 0 aromatic heterocycles. The van der Waals surface area contributed by atoms with Crippen LogP contribution in [-0.4, -0.2) is 29.7 Å². The predicted molar refractivity (Wildman–Crippen MR) is 76.8 cm³/mol. The van der Waals surface area contributed by atoms with E-state index in [-0.39, 0.29) is 25.0 Å². The van der Waals surface area contributed by atoms with Gasteiger partial charge in [0.15, 0.2) is 0 Å². The Morgan fingerprint density at radius 1 is 1.32 bits per heavy atom. The second kappa shape index (κ2) is 7.26. The zero-order valence-electron chi connectivity index (χ0n) is 11.7. The number of carbonyl (C=O) groups is 1. The number of aliphatic hydroxyl groups excluding tert-OH is 1. The molecule has 19 heavy (non-hydrogen) atoms. The lowest BCUT2D eigenvalue weighted by Crippen LogP contribution is -2.52. The van der Waals surface area contributed by atoms with Crippen molar-refractivity contribution >= 4 is 5.91 Å². The summed E-state index contributed by atoms with van der Waals surface area (Å²) in [5.74, 6) is -0.489. The van der Waals surface area contributed by atoms with Gasteiger partial charge in [0.2, 0.25) is 5.91 Å². The topological polar surface area (TPSA) is 75.3 Å². The molecule has 4 N–H and O–H groups in total. The summed E-state index contributed by atoms with van der Waals surface area (Å²) in [4.78, 5) is 12.4. The lowest BCUT2D eigenvalue weighted by atomic mass is 9.91. The van der Waals surface area contributed by atoms with Crippen molar-refractivity contribution in [3.8, 4) is 0 Å². The molecule has 1 unspecified atom stereocenters. The minimum atomic E-state index is -0.542. The van der Waals surface area contributed by atoms with Crippen LogP contribution in [0.25, 0.3) is 0 Å². The lowest BCUT2D eigenvalue weighted by Gasteiger charge is -2.32. The van der Waals surface area contributed by atoms with Crippen molar-refractivity contribution in [2.75, 3.05) is 13.2 Å². The highest BCUT2D eigenvalue weighted by molar-refractivity contribution is 5.84. The summed E-state index contributed by atoms with van der Waals surface area (Å²) in [7, 11) is 0. The van der Waals surface area contributed by atoms with Gasteiger partial charge in [-0.15, -0.1) is 0 Å². The van der Waals surface area contributed by atoms with Crippen LogP contribution >= 0.6 is 0 Å². The maximum atomic E-state index is 12.4. The van der Waals surface area contributed by atoms with Gasteiger partial charge >= 0.3 is 0 Å². The van der Waals surface area contributed by atoms with Crippen molar-refractivity contribution in [1.82, 2.24) is 5.32 Å². The molecule has 4 heteroatoms. The van der Waals surface area contributed by atoms with Gasteiger partial charge in [-0.1, -0.05) is 44.2 Å². The van der Waals surface area contributed by atoms with Crippen molar-refractivity contribution < 1.29 is 9.90 Å².